The first-order valence-corrected chi connectivity index (χ1v) is 7.31. The van der Waals surface area contributed by atoms with E-state index in [0.29, 0.717) is 5.56 Å². The quantitative estimate of drug-likeness (QED) is 0.862. The summed E-state index contributed by atoms with van der Waals surface area (Å²) in [6, 6.07) is 3.40. The van der Waals surface area contributed by atoms with Crippen LogP contribution in [0.5, 0.6) is 0 Å². The molecule has 0 spiro atoms. The van der Waals surface area contributed by atoms with E-state index in [-0.39, 0.29) is 23.8 Å². The van der Waals surface area contributed by atoms with Crippen LogP contribution in [0.3, 0.4) is 0 Å². The van der Waals surface area contributed by atoms with Crippen LogP contribution in [0, 0.1) is 0 Å². The highest BCUT2D eigenvalue weighted by molar-refractivity contribution is 7.99. The number of thioether (sulfide) groups is 1. The number of aliphatic hydroxyl groups is 1. The predicted molar refractivity (Wildman–Crippen MR) is 76.5 cm³/mol. The molecule has 2 heterocycles. The third-order valence-electron chi connectivity index (χ3n) is 3.06. The predicted octanol–water partition coefficient (Wildman–Crippen LogP) is 1.18. The van der Waals surface area contributed by atoms with Crippen molar-refractivity contribution in [3.8, 4) is 0 Å². The number of aliphatic hydroxyl groups excluding tert-OH is 1. The van der Waals surface area contributed by atoms with Crippen molar-refractivity contribution >= 4 is 23.3 Å². The van der Waals surface area contributed by atoms with Gasteiger partial charge in [-0.2, -0.15) is 11.8 Å². The van der Waals surface area contributed by atoms with Crippen LogP contribution in [0.1, 0.15) is 17.3 Å². The van der Waals surface area contributed by atoms with Gasteiger partial charge in [0.25, 0.3) is 5.91 Å². The number of aromatic nitrogens is 2. The number of pyridine rings is 1. The molecule has 0 aliphatic carbocycles. The van der Waals surface area contributed by atoms with Gasteiger partial charge in [-0.05, 0) is 25.3 Å². The van der Waals surface area contributed by atoms with E-state index >= 15 is 0 Å². The van der Waals surface area contributed by atoms with Gasteiger partial charge in [-0.25, -0.2) is 4.98 Å². The largest absolute Gasteiger partial charge is 0.395 e. The first-order valence-electron chi connectivity index (χ1n) is 6.03. The summed E-state index contributed by atoms with van der Waals surface area (Å²) >= 11 is 1.54. The Bertz CT molecular complexity index is 566. The van der Waals surface area contributed by atoms with E-state index in [1.54, 1.807) is 24.5 Å². The summed E-state index contributed by atoms with van der Waals surface area (Å²) in [6.07, 6.45) is 7.24. The standard InChI is InChI=1S/C13H17N3O2S/c1-9(11(8-17)19-2)15-13(18)10-3-5-16-6-4-14-12(16)7-10/h3-7,9,11,17H,8H2,1-2H3,(H,15,18). The Hall–Kier alpha value is -1.53. The Kier molecular flexibility index (Phi) is 4.44. The number of hydrogen-bond acceptors (Lipinski definition) is 4. The molecule has 102 valence electrons. The number of carbonyl (C=O) groups is 1. The van der Waals surface area contributed by atoms with Crippen molar-refractivity contribution in [1.29, 1.82) is 0 Å². The number of imidazole rings is 1. The minimum atomic E-state index is -0.148. The van der Waals surface area contributed by atoms with Crippen molar-refractivity contribution in [2.75, 3.05) is 12.9 Å². The Labute approximate surface area is 116 Å². The van der Waals surface area contributed by atoms with Crippen LogP contribution >= 0.6 is 11.8 Å². The van der Waals surface area contributed by atoms with E-state index in [1.807, 2.05) is 23.8 Å². The second-order valence-electron chi connectivity index (χ2n) is 4.33. The highest BCUT2D eigenvalue weighted by Gasteiger charge is 2.18. The van der Waals surface area contributed by atoms with E-state index in [0.717, 1.165) is 5.65 Å². The van der Waals surface area contributed by atoms with Crippen molar-refractivity contribution < 1.29 is 9.90 Å². The van der Waals surface area contributed by atoms with Crippen LogP contribution in [0.25, 0.3) is 5.65 Å². The Balaban J connectivity index is 2.10. The van der Waals surface area contributed by atoms with Gasteiger partial charge in [-0.15, -0.1) is 0 Å². The zero-order chi connectivity index (χ0) is 13.8. The molecule has 0 aromatic carbocycles. The molecule has 2 unspecified atom stereocenters. The maximum atomic E-state index is 12.1. The average Bonchev–Trinajstić information content (AvgIpc) is 2.87. The lowest BCUT2D eigenvalue weighted by atomic mass is 10.2. The van der Waals surface area contributed by atoms with Gasteiger partial charge in [0.15, 0.2) is 0 Å². The average molecular weight is 279 g/mol. The third-order valence-corrected chi connectivity index (χ3v) is 4.22. The molecule has 0 bridgehead atoms. The van der Waals surface area contributed by atoms with Crippen LogP contribution in [-0.4, -0.2) is 44.6 Å². The number of nitrogens with zero attached hydrogens (tertiary/aromatic N) is 2. The molecule has 5 nitrogen and oxygen atoms in total. The monoisotopic (exact) mass is 279 g/mol. The molecule has 0 saturated heterocycles. The van der Waals surface area contributed by atoms with Gasteiger partial charge in [-0.3, -0.25) is 4.79 Å². The number of nitrogens with one attached hydrogen (secondary N) is 1. The van der Waals surface area contributed by atoms with E-state index in [4.69, 9.17) is 0 Å². The lowest BCUT2D eigenvalue weighted by Crippen LogP contribution is -2.41. The van der Waals surface area contributed by atoms with Crippen molar-refractivity contribution in [3.05, 3.63) is 36.3 Å². The third kappa shape index (κ3) is 3.08. The van der Waals surface area contributed by atoms with Gasteiger partial charge < -0.3 is 14.8 Å². The smallest absolute Gasteiger partial charge is 0.251 e. The summed E-state index contributed by atoms with van der Waals surface area (Å²) in [6.45, 7) is 1.94. The first-order chi connectivity index (χ1) is 9.15. The Morgan fingerprint density at radius 1 is 1.58 bits per heavy atom. The molecule has 2 aromatic rings. The summed E-state index contributed by atoms with van der Waals surface area (Å²) < 4.78 is 1.85. The maximum absolute atomic E-state index is 12.1. The number of carbonyl (C=O) groups excluding carboxylic acids is 1. The van der Waals surface area contributed by atoms with Crippen molar-refractivity contribution in [3.63, 3.8) is 0 Å². The van der Waals surface area contributed by atoms with Crippen LogP contribution in [0.15, 0.2) is 30.7 Å². The second kappa shape index (κ2) is 6.08. The fourth-order valence-corrected chi connectivity index (χ4v) is 2.50. The summed E-state index contributed by atoms with van der Waals surface area (Å²) in [4.78, 5) is 16.3. The molecule has 1 amide bonds. The molecule has 2 aromatic heterocycles. The fourth-order valence-electron chi connectivity index (χ4n) is 1.87. The van der Waals surface area contributed by atoms with E-state index in [9.17, 15) is 9.90 Å². The van der Waals surface area contributed by atoms with Crippen LogP contribution in [0.2, 0.25) is 0 Å². The number of amides is 1. The van der Waals surface area contributed by atoms with Gasteiger partial charge in [0.05, 0.1) is 6.61 Å². The number of fused-ring (bicyclic) bond motifs is 1. The fraction of sp³-hybridized carbons (Fsp3) is 0.385. The lowest BCUT2D eigenvalue weighted by molar-refractivity contribution is 0.0936. The summed E-state index contributed by atoms with van der Waals surface area (Å²) in [5, 5.41) is 12.1. The minimum Gasteiger partial charge on any atom is -0.395 e. The topological polar surface area (TPSA) is 66.6 Å². The maximum Gasteiger partial charge on any atom is 0.251 e. The lowest BCUT2D eigenvalue weighted by Gasteiger charge is -2.21. The molecule has 0 aliphatic rings. The van der Waals surface area contributed by atoms with Gasteiger partial charge in [0, 0.05) is 35.4 Å². The second-order valence-corrected chi connectivity index (χ2v) is 5.40. The summed E-state index contributed by atoms with van der Waals surface area (Å²) in [5.41, 5.74) is 1.31. The minimum absolute atomic E-state index is 0.000827. The van der Waals surface area contributed by atoms with Gasteiger partial charge in [-0.1, -0.05) is 0 Å². The molecule has 0 aliphatic heterocycles. The van der Waals surface area contributed by atoms with Gasteiger partial charge in [0.2, 0.25) is 0 Å². The number of rotatable bonds is 5. The van der Waals surface area contributed by atoms with Crippen molar-refractivity contribution in [2.24, 2.45) is 0 Å². The molecule has 19 heavy (non-hydrogen) atoms. The summed E-state index contributed by atoms with van der Waals surface area (Å²) in [7, 11) is 0. The molecule has 2 N–H and O–H groups in total. The normalized spacial score (nSPS) is 14.3. The highest BCUT2D eigenvalue weighted by Crippen LogP contribution is 2.11. The highest BCUT2D eigenvalue weighted by atomic mass is 32.2. The Morgan fingerprint density at radius 2 is 2.37 bits per heavy atom. The van der Waals surface area contributed by atoms with Crippen LogP contribution in [0.4, 0.5) is 0 Å². The van der Waals surface area contributed by atoms with E-state index < -0.39 is 0 Å². The van der Waals surface area contributed by atoms with Gasteiger partial charge >= 0.3 is 0 Å². The molecule has 0 fully saturated rings. The SMILES string of the molecule is CSC(CO)C(C)NC(=O)c1ccn2ccnc2c1. The first kappa shape index (κ1) is 13.9. The van der Waals surface area contributed by atoms with Crippen molar-refractivity contribution in [2.45, 2.75) is 18.2 Å². The molecular formula is C13H17N3O2S. The molecular weight excluding hydrogens is 262 g/mol. The molecule has 2 rings (SSSR count). The Morgan fingerprint density at radius 3 is 3.05 bits per heavy atom. The van der Waals surface area contributed by atoms with Gasteiger partial charge in [0.1, 0.15) is 5.65 Å². The van der Waals surface area contributed by atoms with E-state index in [1.165, 1.54) is 11.8 Å². The summed E-state index contributed by atoms with van der Waals surface area (Å²) in [5.74, 6) is -0.148. The van der Waals surface area contributed by atoms with E-state index in [2.05, 4.69) is 10.3 Å². The number of hydrogen-bond donors (Lipinski definition) is 2. The molecule has 0 radical (unpaired) electrons. The zero-order valence-corrected chi connectivity index (χ0v) is 11.7. The zero-order valence-electron chi connectivity index (χ0n) is 10.9. The molecule has 2 atom stereocenters. The molecule has 0 saturated carbocycles. The van der Waals surface area contributed by atoms with Crippen molar-refractivity contribution in [1.82, 2.24) is 14.7 Å². The molecule has 6 heteroatoms. The van der Waals surface area contributed by atoms with Crippen LogP contribution in [-0.2, 0) is 0 Å². The van der Waals surface area contributed by atoms with Crippen LogP contribution < -0.4 is 5.32 Å².